The van der Waals surface area contributed by atoms with Gasteiger partial charge in [-0.05, 0) is 42.0 Å². The third-order valence-electron chi connectivity index (χ3n) is 5.22. The first-order chi connectivity index (χ1) is 15.5. The minimum absolute atomic E-state index is 0.324. The number of rotatable bonds is 11. The van der Waals surface area contributed by atoms with Crippen LogP contribution in [0, 0.1) is 0 Å². The lowest BCUT2D eigenvalue weighted by atomic mass is 10.0. The fraction of sp³-hybridized carbons (Fsp3) is 0.333. The molecule has 8 heteroatoms. The van der Waals surface area contributed by atoms with E-state index in [1.807, 2.05) is 4.90 Å². The molecule has 0 fully saturated rings. The Morgan fingerprint density at radius 2 is 1.22 bits per heavy atom. The number of amides is 2. The minimum atomic E-state index is -0.391. The molecule has 1 aliphatic heterocycles. The van der Waals surface area contributed by atoms with E-state index >= 15 is 0 Å². The number of imide groups is 1. The molecule has 32 heavy (non-hydrogen) atoms. The second-order valence-corrected chi connectivity index (χ2v) is 7.07. The summed E-state index contributed by atoms with van der Waals surface area (Å²) in [4.78, 5) is 30.2. The van der Waals surface area contributed by atoms with Crippen molar-refractivity contribution < 1.29 is 28.5 Å². The predicted octanol–water partition coefficient (Wildman–Crippen LogP) is 2.58. The molecule has 8 nitrogen and oxygen atoms in total. The highest BCUT2D eigenvalue weighted by molar-refractivity contribution is 6.45. The normalized spacial score (nSPS) is 13.7. The number of ether oxygens (including phenoxy) is 4. The SMILES string of the molecule is COCCN(CCOC)C1=C(c2ccc(OC)cc2)C(=O)N(c2ccc(OC)cc2)C1=O. The van der Waals surface area contributed by atoms with Gasteiger partial charge in [0.1, 0.15) is 17.2 Å². The zero-order valence-electron chi connectivity index (χ0n) is 18.8. The Bertz CT molecular complexity index is 961. The molecule has 0 aliphatic carbocycles. The summed E-state index contributed by atoms with van der Waals surface area (Å²) < 4.78 is 20.9. The number of carbonyl (C=O) groups is 2. The molecule has 170 valence electrons. The Labute approximate surface area is 187 Å². The molecule has 0 aromatic heterocycles. The van der Waals surface area contributed by atoms with Gasteiger partial charge in [0.05, 0.1) is 38.7 Å². The van der Waals surface area contributed by atoms with Crippen LogP contribution in [0.1, 0.15) is 5.56 Å². The fourth-order valence-electron chi connectivity index (χ4n) is 3.53. The zero-order valence-corrected chi connectivity index (χ0v) is 18.8. The number of nitrogens with zero attached hydrogens (tertiary/aromatic N) is 2. The summed E-state index contributed by atoms with van der Waals surface area (Å²) in [6.45, 7) is 1.66. The molecule has 0 N–H and O–H groups in total. The highest BCUT2D eigenvalue weighted by Crippen LogP contribution is 2.35. The number of carbonyl (C=O) groups excluding carboxylic acids is 2. The summed E-state index contributed by atoms with van der Waals surface area (Å²) >= 11 is 0. The number of benzene rings is 2. The summed E-state index contributed by atoms with van der Waals surface area (Å²) in [5.41, 5.74) is 1.76. The van der Waals surface area contributed by atoms with Crippen LogP contribution in [-0.4, -0.2) is 71.5 Å². The van der Waals surface area contributed by atoms with E-state index in [2.05, 4.69) is 0 Å². The van der Waals surface area contributed by atoms with E-state index in [1.54, 1.807) is 77.0 Å². The van der Waals surface area contributed by atoms with E-state index in [0.717, 1.165) is 0 Å². The maximum atomic E-state index is 13.6. The van der Waals surface area contributed by atoms with Crippen molar-refractivity contribution in [2.24, 2.45) is 0 Å². The van der Waals surface area contributed by atoms with Crippen molar-refractivity contribution in [3.63, 3.8) is 0 Å². The van der Waals surface area contributed by atoms with Crippen LogP contribution in [0.15, 0.2) is 54.2 Å². The third kappa shape index (κ3) is 4.76. The monoisotopic (exact) mass is 440 g/mol. The van der Waals surface area contributed by atoms with Crippen molar-refractivity contribution in [3.05, 3.63) is 59.8 Å². The van der Waals surface area contributed by atoms with Gasteiger partial charge in [0.15, 0.2) is 0 Å². The maximum Gasteiger partial charge on any atom is 0.282 e. The van der Waals surface area contributed by atoms with E-state index in [0.29, 0.717) is 60.3 Å². The van der Waals surface area contributed by atoms with Gasteiger partial charge in [-0.15, -0.1) is 0 Å². The lowest BCUT2D eigenvalue weighted by Gasteiger charge is -2.25. The standard InChI is InChI=1S/C24H28N2O6/c1-29-15-13-25(14-16-30-2)22-21(17-5-9-19(31-3)10-6-17)23(27)26(24(22)28)18-7-11-20(32-4)12-8-18/h5-12H,13-16H2,1-4H3. The lowest BCUT2D eigenvalue weighted by Crippen LogP contribution is -2.37. The molecule has 0 saturated heterocycles. The van der Waals surface area contributed by atoms with Crippen LogP contribution < -0.4 is 14.4 Å². The molecule has 0 atom stereocenters. The molecule has 2 aromatic rings. The number of hydrogen-bond donors (Lipinski definition) is 0. The Balaban J connectivity index is 2.09. The van der Waals surface area contributed by atoms with Crippen LogP contribution in [0.3, 0.4) is 0 Å². The van der Waals surface area contributed by atoms with Gasteiger partial charge >= 0.3 is 0 Å². The minimum Gasteiger partial charge on any atom is -0.497 e. The molecular formula is C24H28N2O6. The maximum absolute atomic E-state index is 13.6. The molecule has 0 unspecified atom stereocenters. The van der Waals surface area contributed by atoms with E-state index < -0.39 is 5.91 Å². The van der Waals surface area contributed by atoms with Gasteiger partial charge in [0, 0.05) is 27.3 Å². The van der Waals surface area contributed by atoms with Crippen LogP contribution in [0.2, 0.25) is 0 Å². The Kier molecular flexibility index (Phi) is 7.86. The van der Waals surface area contributed by atoms with Gasteiger partial charge in [-0.25, -0.2) is 4.90 Å². The Hall–Kier alpha value is -3.36. The Morgan fingerprint density at radius 3 is 1.69 bits per heavy atom. The van der Waals surface area contributed by atoms with E-state index in [1.165, 1.54) is 4.90 Å². The predicted molar refractivity (Wildman–Crippen MR) is 121 cm³/mol. The van der Waals surface area contributed by atoms with Gasteiger partial charge in [0.25, 0.3) is 11.8 Å². The van der Waals surface area contributed by atoms with Crippen molar-refractivity contribution in [2.75, 3.05) is 59.6 Å². The van der Waals surface area contributed by atoms with Crippen LogP contribution in [0.5, 0.6) is 11.5 Å². The van der Waals surface area contributed by atoms with Crippen LogP contribution >= 0.6 is 0 Å². The van der Waals surface area contributed by atoms with Gasteiger partial charge < -0.3 is 23.8 Å². The van der Waals surface area contributed by atoms with Crippen LogP contribution in [0.25, 0.3) is 5.57 Å². The first-order valence-electron chi connectivity index (χ1n) is 10.2. The summed E-state index contributed by atoms with van der Waals surface area (Å²) in [6, 6.07) is 13.9. The van der Waals surface area contributed by atoms with E-state index in [4.69, 9.17) is 18.9 Å². The van der Waals surface area contributed by atoms with Crippen LogP contribution in [0.4, 0.5) is 5.69 Å². The topological polar surface area (TPSA) is 77.5 Å². The molecule has 3 rings (SSSR count). The summed E-state index contributed by atoms with van der Waals surface area (Å²) in [5, 5.41) is 0. The van der Waals surface area contributed by atoms with Gasteiger partial charge in [-0.3, -0.25) is 9.59 Å². The average molecular weight is 440 g/mol. The van der Waals surface area contributed by atoms with Gasteiger partial charge in [-0.1, -0.05) is 12.1 Å². The highest BCUT2D eigenvalue weighted by Gasteiger charge is 2.42. The lowest BCUT2D eigenvalue weighted by molar-refractivity contribution is -0.120. The zero-order chi connectivity index (χ0) is 23.1. The second kappa shape index (κ2) is 10.8. The van der Waals surface area contributed by atoms with Crippen molar-refractivity contribution >= 4 is 23.1 Å². The van der Waals surface area contributed by atoms with Gasteiger partial charge in [-0.2, -0.15) is 0 Å². The first-order valence-corrected chi connectivity index (χ1v) is 10.2. The number of anilines is 1. The van der Waals surface area contributed by atoms with Gasteiger partial charge in [0.2, 0.25) is 0 Å². The second-order valence-electron chi connectivity index (χ2n) is 7.07. The number of methoxy groups -OCH3 is 4. The molecular weight excluding hydrogens is 412 g/mol. The smallest absolute Gasteiger partial charge is 0.282 e. The van der Waals surface area contributed by atoms with E-state index in [9.17, 15) is 9.59 Å². The van der Waals surface area contributed by atoms with Crippen molar-refractivity contribution in [2.45, 2.75) is 0 Å². The van der Waals surface area contributed by atoms with Crippen molar-refractivity contribution in [1.82, 2.24) is 4.90 Å². The fourth-order valence-corrected chi connectivity index (χ4v) is 3.53. The quantitative estimate of drug-likeness (QED) is 0.497. The van der Waals surface area contributed by atoms with Crippen LogP contribution in [-0.2, 0) is 19.1 Å². The molecule has 0 saturated carbocycles. The molecule has 1 heterocycles. The Morgan fingerprint density at radius 1 is 0.719 bits per heavy atom. The molecule has 1 aliphatic rings. The summed E-state index contributed by atoms with van der Waals surface area (Å²) in [7, 11) is 6.33. The van der Waals surface area contributed by atoms with Crippen molar-refractivity contribution in [3.8, 4) is 11.5 Å². The molecule has 0 spiro atoms. The third-order valence-corrected chi connectivity index (χ3v) is 5.22. The molecule has 2 aromatic carbocycles. The molecule has 0 radical (unpaired) electrons. The van der Waals surface area contributed by atoms with Crippen molar-refractivity contribution in [1.29, 1.82) is 0 Å². The van der Waals surface area contributed by atoms with E-state index in [-0.39, 0.29) is 5.91 Å². The molecule has 2 amide bonds. The largest absolute Gasteiger partial charge is 0.497 e. The summed E-state index contributed by atoms with van der Waals surface area (Å²) in [5.74, 6) is 0.520. The first kappa shape index (κ1) is 23.3. The summed E-state index contributed by atoms with van der Waals surface area (Å²) in [6.07, 6.45) is 0. The molecule has 0 bridgehead atoms. The number of hydrogen-bond acceptors (Lipinski definition) is 7. The highest BCUT2D eigenvalue weighted by atomic mass is 16.5. The average Bonchev–Trinajstić information content (AvgIpc) is 3.09.